The van der Waals surface area contributed by atoms with Crippen molar-refractivity contribution in [2.24, 2.45) is 0 Å². The van der Waals surface area contributed by atoms with Crippen LogP contribution >= 0.6 is 37.2 Å². The summed E-state index contributed by atoms with van der Waals surface area (Å²) in [5.41, 5.74) is 1.50. The smallest absolute Gasteiger partial charge is 0.147 e. The molecule has 4 heteroatoms. The number of allylic oxidation sites excluding steroid dienone is 4. The predicted octanol–water partition coefficient (Wildman–Crippen LogP) is 3.42. The summed E-state index contributed by atoms with van der Waals surface area (Å²) in [5, 5.41) is 0. The third kappa shape index (κ3) is 5.22. The van der Waals surface area contributed by atoms with Gasteiger partial charge in [-0.25, -0.2) is 0 Å². The van der Waals surface area contributed by atoms with E-state index in [1.807, 2.05) is 0 Å². The van der Waals surface area contributed by atoms with Crippen LogP contribution in [0.1, 0.15) is 19.8 Å². The first-order chi connectivity index (χ1) is 3.84. The molecular formula is C7H12Cl3V. The number of hydrogen-bond acceptors (Lipinski definition) is 0. The SMILES string of the molecule is CCC1=[C]([V])CC=C1.Cl.Cl.Cl. The Hall–Kier alpha value is 0.934. The topological polar surface area (TPSA) is 0 Å². The molecule has 0 unspecified atom stereocenters. The van der Waals surface area contributed by atoms with E-state index in [0.717, 1.165) is 6.42 Å². The standard InChI is InChI=1S/C7H9.3ClH.V/c1-2-7-5-3-4-6-7;;;;/h3,5H,2,4H2,1H3;3*1H;. The summed E-state index contributed by atoms with van der Waals surface area (Å²) < 4.78 is 1.49. The first kappa shape index (κ1) is 17.9. The van der Waals surface area contributed by atoms with Crippen molar-refractivity contribution >= 4 is 37.2 Å². The van der Waals surface area contributed by atoms with Crippen LogP contribution in [0.2, 0.25) is 0 Å². The molecule has 0 spiro atoms. The van der Waals surface area contributed by atoms with Crippen molar-refractivity contribution in [2.45, 2.75) is 19.8 Å². The first-order valence-corrected chi connectivity index (χ1v) is 3.62. The van der Waals surface area contributed by atoms with E-state index in [1.165, 1.54) is 16.3 Å². The van der Waals surface area contributed by atoms with Gasteiger partial charge < -0.3 is 0 Å². The van der Waals surface area contributed by atoms with E-state index in [0.29, 0.717) is 0 Å². The Kier molecular flexibility index (Phi) is 14.7. The van der Waals surface area contributed by atoms with Crippen LogP contribution < -0.4 is 0 Å². The number of halogens is 3. The van der Waals surface area contributed by atoms with Crippen LogP contribution in [0.5, 0.6) is 0 Å². The molecular weight excluding hydrogens is 241 g/mol. The molecule has 0 nitrogen and oxygen atoms in total. The summed E-state index contributed by atoms with van der Waals surface area (Å²) in [6.45, 7) is 2.19. The molecule has 0 aromatic carbocycles. The van der Waals surface area contributed by atoms with Crippen molar-refractivity contribution < 1.29 is 17.4 Å². The molecule has 1 aliphatic carbocycles. The maximum atomic E-state index is 2.63. The molecule has 66 valence electrons. The minimum atomic E-state index is 0. The fourth-order valence-corrected chi connectivity index (χ4v) is 1.39. The number of hydrogen-bond donors (Lipinski definition) is 0. The average molecular weight is 253 g/mol. The summed E-state index contributed by atoms with van der Waals surface area (Å²) in [6, 6.07) is 0. The molecule has 0 amide bonds. The zero-order valence-corrected chi connectivity index (χ0v) is 10.1. The molecule has 0 aromatic heterocycles. The minimum Gasteiger partial charge on any atom is -0.147 e. The summed E-state index contributed by atoms with van der Waals surface area (Å²) in [6.07, 6.45) is 6.77. The second-order valence-electron chi connectivity index (χ2n) is 1.93. The molecule has 1 aliphatic rings. The van der Waals surface area contributed by atoms with Gasteiger partial charge in [-0.3, -0.25) is 0 Å². The van der Waals surface area contributed by atoms with Gasteiger partial charge in [0.15, 0.2) is 0 Å². The Morgan fingerprint density at radius 1 is 1.36 bits per heavy atom. The van der Waals surface area contributed by atoms with Gasteiger partial charge >= 0.3 is 59.2 Å². The van der Waals surface area contributed by atoms with Gasteiger partial charge in [0.1, 0.15) is 0 Å². The molecule has 0 bridgehead atoms. The third-order valence-corrected chi connectivity index (χ3v) is 2.12. The van der Waals surface area contributed by atoms with Crippen molar-refractivity contribution in [2.75, 3.05) is 0 Å². The van der Waals surface area contributed by atoms with Gasteiger partial charge in [-0.15, -0.1) is 37.2 Å². The summed E-state index contributed by atoms with van der Waals surface area (Å²) >= 11 is 2.63. The van der Waals surface area contributed by atoms with Crippen LogP contribution in [0.4, 0.5) is 0 Å². The van der Waals surface area contributed by atoms with Crippen molar-refractivity contribution in [3.05, 3.63) is 22.0 Å². The molecule has 0 radical (unpaired) electrons. The normalized spacial score (nSPS) is 13.2. The fourth-order valence-electron chi connectivity index (χ4n) is 0.862. The minimum absolute atomic E-state index is 0. The summed E-state index contributed by atoms with van der Waals surface area (Å²) in [5.74, 6) is 0. The number of rotatable bonds is 1. The molecule has 0 N–H and O–H groups in total. The van der Waals surface area contributed by atoms with E-state index in [2.05, 4.69) is 36.5 Å². The van der Waals surface area contributed by atoms with Crippen LogP contribution in [-0.2, 0) is 17.4 Å². The molecule has 0 aromatic rings. The van der Waals surface area contributed by atoms with Gasteiger partial charge in [0.25, 0.3) is 0 Å². The van der Waals surface area contributed by atoms with Crippen LogP contribution in [0.3, 0.4) is 0 Å². The van der Waals surface area contributed by atoms with E-state index in [-0.39, 0.29) is 37.2 Å². The van der Waals surface area contributed by atoms with E-state index < -0.39 is 0 Å². The van der Waals surface area contributed by atoms with E-state index >= 15 is 0 Å². The molecule has 11 heavy (non-hydrogen) atoms. The summed E-state index contributed by atoms with van der Waals surface area (Å²) in [4.78, 5) is 0. The van der Waals surface area contributed by atoms with Crippen molar-refractivity contribution in [1.82, 2.24) is 0 Å². The zero-order chi connectivity index (χ0) is 5.98. The van der Waals surface area contributed by atoms with Gasteiger partial charge in [0, 0.05) is 0 Å². The quantitative estimate of drug-likeness (QED) is 0.672. The largest absolute Gasteiger partial charge is 0.147 e. The monoisotopic (exact) mass is 252 g/mol. The molecule has 1 rings (SSSR count). The first-order valence-electron chi connectivity index (χ1n) is 2.92. The maximum absolute atomic E-state index is 2.63. The van der Waals surface area contributed by atoms with Gasteiger partial charge in [0.05, 0.1) is 0 Å². The molecule has 0 heterocycles. The van der Waals surface area contributed by atoms with Crippen molar-refractivity contribution in [3.63, 3.8) is 0 Å². The Bertz CT molecular complexity index is 152. The van der Waals surface area contributed by atoms with Gasteiger partial charge in [0.2, 0.25) is 0 Å². The van der Waals surface area contributed by atoms with Crippen molar-refractivity contribution in [1.29, 1.82) is 0 Å². The Labute approximate surface area is 96.1 Å². The van der Waals surface area contributed by atoms with Crippen LogP contribution in [0, 0.1) is 0 Å². The van der Waals surface area contributed by atoms with Crippen molar-refractivity contribution in [3.8, 4) is 0 Å². The molecule has 0 saturated carbocycles. The van der Waals surface area contributed by atoms with E-state index in [1.54, 1.807) is 0 Å². The average Bonchev–Trinajstić information content (AvgIpc) is 2.14. The molecule has 0 atom stereocenters. The van der Waals surface area contributed by atoms with Gasteiger partial charge in [-0.2, -0.15) is 0 Å². The van der Waals surface area contributed by atoms with E-state index in [9.17, 15) is 0 Å². The molecule has 0 saturated heterocycles. The third-order valence-electron chi connectivity index (χ3n) is 1.38. The van der Waals surface area contributed by atoms with Crippen LogP contribution in [0.15, 0.2) is 22.0 Å². The van der Waals surface area contributed by atoms with Gasteiger partial charge in [-0.05, 0) is 0 Å². The van der Waals surface area contributed by atoms with Crippen LogP contribution in [-0.4, -0.2) is 0 Å². The van der Waals surface area contributed by atoms with Crippen LogP contribution in [0.25, 0.3) is 0 Å². The molecule has 0 fully saturated rings. The Balaban J connectivity index is -0.000000213. The Morgan fingerprint density at radius 2 is 1.91 bits per heavy atom. The fraction of sp³-hybridized carbons (Fsp3) is 0.429. The second kappa shape index (κ2) is 9.03. The molecule has 0 aliphatic heterocycles. The van der Waals surface area contributed by atoms with E-state index in [4.69, 9.17) is 0 Å². The maximum Gasteiger partial charge on any atom is -0.147 e. The second-order valence-corrected chi connectivity index (χ2v) is 2.77. The zero-order valence-electron chi connectivity index (χ0n) is 6.24. The predicted molar refractivity (Wildman–Crippen MR) is 52.8 cm³/mol. The Morgan fingerprint density at radius 3 is 2.09 bits per heavy atom. The van der Waals surface area contributed by atoms with Gasteiger partial charge in [-0.1, -0.05) is 0 Å². The summed E-state index contributed by atoms with van der Waals surface area (Å²) in [7, 11) is 0.